The van der Waals surface area contributed by atoms with E-state index in [0.29, 0.717) is 23.8 Å². The third-order valence-corrected chi connectivity index (χ3v) is 5.54. The van der Waals surface area contributed by atoms with E-state index in [1.165, 1.54) is 12.8 Å². The lowest BCUT2D eigenvalue weighted by Crippen LogP contribution is -2.48. The summed E-state index contributed by atoms with van der Waals surface area (Å²) in [4.78, 5) is 17.0. The number of amides is 1. The second-order valence-electron chi connectivity index (χ2n) is 7.19. The predicted molar refractivity (Wildman–Crippen MR) is 82.3 cm³/mol. The molecule has 0 aromatic rings. The maximum absolute atomic E-state index is 12.7. The van der Waals surface area contributed by atoms with Crippen molar-refractivity contribution in [2.45, 2.75) is 51.6 Å². The van der Waals surface area contributed by atoms with Crippen LogP contribution in [0.15, 0.2) is 0 Å². The lowest BCUT2D eigenvalue weighted by molar-refractivity contribution is -0.138. The van der Waals surface area contributed by atoms with Gasteiger partial charge in [-0.15, -0.1) is 0 Å². The molecular weight excluding hydrogens is 250 g/mol. The molecule has 2 aliphatic rings. The maximum atomic E-state index is 12.7. The van der Waals surface area contributed by atoms with Crippen LogP contribution in [-0.4, -0.2) is 55.0 Å². The Kier molecular flexibility index (Phi) is 5.08. The minimum absolute atomic E-state index is 0.123. The molecule has 2 rings (SSSR count). The van der Waals surface area contributed by atoms with Crippen LogP contribution in [0.2, 0.25) is 0 Å². The molecule has 1 aliphatic heterocycles. The number of carbonyl (C=O) groups excluding carboxylic acids is 1. The van der Waals surface area contributed by atoms with Crippen molar-refractivity contribution in [3.63, 3.8) is 0 Å². The highest BCUT2D eigenvalue weighted by Crippen LogP contribution is 2.34. The van der Waals surface area contributed by atoms with Gasteiger partial charge in [-0.05, 0) is 51.1 Å². The average molecular weight is 281 g/mol. The Morgan fingerprint density at radius 2 is 2.00 bits per heavy atom. The summed E-state index contributed by atoms with van der Waals surface area (Å²) in [5.74, 6) is 1.43. The van der Waals surface area contributed by atoms with E-state index in [0.717, 1.165) is 25.9 Å². The summed E-state index contributed by atoms with van der Waals surface area (Å²) >= 11 is 0. The minimum atomic E-state index is 0.123. The first-order chi connectivity index (χ1) is 9.40. The molecule has 20 heavy (non-hydrogen) atoms. The van der Waals surface area contributed by atoms with Gasteiger partial charge in [-0.3, -0.25) is 4.79 Å². The Morgan fingerprint density at radius 3 is 2.60 bits per heavy atom. The molecule has 116 valence electrons. The first-order valence-electron chi connectivity index (χ1n) is 8.11. The molecule has 1 saturated carbocycles. The van der Waals surface area contributed by atoms with Gasteiger partial charge in [0.15, 0.2) is 0 Å². The Bertz CT molecular complexity index is 347. The molecule has 4 heteroatoms. The highest BCUT2D eigenvalue weighted by atomic mass is 16.2. The molecule has 1 saturated heterocycles. The van der Waals surface area contributed by atoms with Crippen LogP contribution in [0.25, 0.3) is 0 Å². The van der Waals surface area contributed by atoms with E-state index < -0.39 is 0 Å². The van der Waals surface area contributed by atoms with E-state index in [4.69, 9.17) is 5.73 Å². The van der Waals surface area contributed by atoms with Crippen molar-refractivity contribution in [1.29, 1.82) is 0 Å². The number of likely N-dealkylation sites (tertiary alicyclic amines) is 1. The molecule has 0 aromatic carbocycles. The molecule has 0 bridgehead atoms. The van der Waals surface area contributed by atoms with Crippen LogP contribution in [0.3, 0.4) is 0 Å². The van der Waals surface area contributed by atoms with Crippen molar-refractivity contribution in [2.24, 2.45) is 23.5 Å². The van der Waals surface area contributed by atoms with E-state index >= 15 is 0 Å². The zero-order valence-corrected chi connectivity index (χ0v) is 13.5. The van der Waals surface area contributed by atoms with Gasteiger partial charge >= 0.3 is 0 Å². The fraction of sp³-hybridized carbons (Fsp3) is 0.938. The molecule has 0 radical (unpaired) electrons. The Balaban J connectivity index is 1.92. The SMILES string of the molecule is CC1CC(C)C(C(=O)N(C)CC2CCCN2C)CC1N. The normalized spacial score (nSPS) is 39.0. The summed E-state index contributed by atoms with van der Waals surface area (Å²) < 4.78 is 0. The van der Waals surface area contributed by atoms with Crippen molar-refractivity contribution in [2.75, 3.05) is 27.2 Å². The first-order valence-corrected chi connectivity index (χ1v) is 8.11. The Labute approximate surface area is 123 Å². The molecule has 2 N–H and O–H groups in total. The standard InChI is InChI=1S/C16H31N3O/c1-11-8-12(2)15(17)9-14(11)16(20)19(4)10-13-6-5-7-18(13)3/h11-15H,5-10,17H2,1-4H3. The first kappa shape index (κ1) is 15.8. The quantitative estimate of drug-likeness (QED) is 0.854. The number of hydrogen-bond acceptors (Lipinski definition) is 3. The highest BCUT2D eigenvalue weighted by molar-refractivity contribution is 5.79. The van der Waals surface area contributed by atoms with E-state index in [-0.39, 0.29) is 12.0 Å². The van der Waals surface area contributed by atoms with Gasteiger partial charge in [0.1, 0.15) is 0 Å². The minimum Gasteiger partial charge on any atom is -0.344 e. The van der Waals surface area contributed by atoms with Gasteiger partial charge in [-0.25, -0.2) is 0 Å². The summed E-state index contributed by atoms with van der Waals surface area (Å²) in [6, 6.07) is 0.721. The molecule has 1 amide bonds. The van der Waals surface area contributed by atoms with Crippen molar-refractivity contribution < 1.29 is 4.79 Å². The number of hydrogen-bond donors (Lipinski definition) is 1. The Morgan fingerprint density at radius 1 is 1.30 bits per heavy atom. The van der Waals surface area contributed by atoms with Crippen molar-refractivity contribution in [3.8, 4) is 0 Å². The molecular formula is C16H31N3O. The van der Waals surface area contributed by atoms with Crippen LogP contribution in [0, 0.1) is 17.8 Å². The zero-order chi connectivity index (χ0) is 14.9. The van der Waals surface area contributed by atoms with Gasteiger partial charge in [0.05, 0.1) is 0 Å². The summed E-state index contributed by atoms with van der Waals surface area (Å²) in [7, 11) is 4.13. The second-order valence-corrected chi connectivity index (χ2v) is 7.19. The summed E-state index contributed by atoms with van der Waals surface area (Å²) in [5, 5.41) is 0. The second kappa shape index (κ2) is 6.44. The van der Waals surface area contributed by atoms with E-state index in [9.17, 15) is 4.79 Å². The van der Waals surface area contributed by atoms with Crippen molar-refractivity contribution in [3.05, 3.63) is 0 Å². The predicted octanol–water partition coefficient (Wildman–Crippen LogP) is 1.55. The van der Waals surface area contributed by atoms with Crippen LogP contribution in [-0.2, 0) is 4.79 Å². The van der Waals surface area contributed by atoms with Crippen LogP contribution in [0.4, 0.5) is 0 Å². The highest BCUT2D eigenvalue weighted by Gasteiger charge is 2.37. The number of carbonyl (C=O) groups is 1. The van der Waals surface area contributed by atoms with Gasteiger partial charge in [0.25, 0.3) is 0 Å². The smallest absolute Gasteiger partial charge is 0.225 e. The van der Waals surface area contributed by atoms with E-state index in [1.807, 2.05) is 11.9 Å². The van der Waals surface area contributed by atoms with Crippen LogP contribution in [0.1, 0.15) is 39.5 Å². The molecule has 1 heterocycles. The molecule has 2 fully saturated rings. The summed E-state index contributed by atoms with van der Waals surface area (Å²) in [6.07, 6.45) is 4.40. The van der Waals surface area contributed by atoms with Crippen LogP contribution in [0.5, 0.6) is 0 Å². The fourth-order valence-corrected chi connectivity index (χ4v) is 3.93. The average Bonchev–Trinajstić information content (AvgIpc) is 2.78. The lowest BCUT2D eigenvalue weighted by atomic mass is 9.72. The summed E-state index contributed by atoms with van der Waals surface area (Å²) in [5.41, 5.74) is 6.18. The van der Waals surface area contributed by atoms with Gasteiger partial charge < -0.3 is 15.5 Å². The van der Waals surface area contributed by atoms with Crippen LogP contribution < -0.4 is 5.73 Å². The largest absolute Gasteiger partial charge is 0.344 e. The van der Waals surface area contributed by atoms with Gasteiger partial charge in [0.2, 0.25) is 5.91 Å². The summed E-state index contributed by atoms with van der Waals surface area (Å²) in [6.45, 7) is 6.44. The van der Waals surface area contributed by atoms with Crippen molar-refractivity contribution in [1.82, 2.24) is 9.80 Å². The number of nitrogens with two attached hydrogens (primary N) is 1. The monoisotopic (exact) mass is 281 g/mol. The molecule has 1 aliphatic carbocycles. The third-order valence-electron chi connectivity index (χ3n) is 5.54. The molecule has 5 atom stereocenters. The van der Waals surface area contributed by atoms with E-state index in [1.54, 1.807) is 0 Å². The van der Waals surface area contributed by atoms with Gasteiger partial charge in [0, 0.05) is 31.6 Å². The van der Waals surface area contributed by atoms with E-state index in [2.05, 4.69) is 25.8 Å². The lowest BCUT2D eigenvalue weighted by Gasteiger charge is -2.38. The van der Waals surface area contributed by atoms with Crippen molar-refractivity contribution >= 4 is 5.91 Å². The number of nitrogens with zero attached hydrogens (tertiary/aromatic N) is 2. The zero-order valence-electron chi connectivity index (χ0n) is 13.5. The third kappa shape index (κ3) is 3.34. The van der Waals surface area contributed by atoms with Gasteiger partial charge in [-0.2, -0.15) is 0 Å². The van der Waals surface area contributed by atoms with Gasteiger partial charge in [-0.1, -0.05) is 13.8 Å². The molecule has 0 spiro atoms. The molecule has 4 nitrogen and oxygen atoms in total. The topological polar surface area (TPSA) is 49.6 Å². The van der Waals surface area contributed by atoms with Crippen LogP contribution >= 0.6 is 0 Å². The number of likely N-dealkylation sites (N-methyl/N-ethyl adjacent to an activating group) is 2. The fourth-order valence-electron chi connectivity index (χ4n) is 3.93. The molecule has 5 unspecified atom stereocenters. The maximum Gasteiger partial charge on any atom is 0.225 e. The molecule has 0 aromatic heterocycles. The number of rotatable bonds is 3. The Hall–Kier alpha value is -0.610.